The van der Waals surface area contributed by atoms with Crippen LogP contribution < -0.4 is 0 Å². The molecule has 1 N–H and O–H groups in total. The molecule has 1 aromatic carbocycles. The molecule has 0 unspecified atom stereocenters. The van der Waals surface area contributed by atoms with Crippen molar-refractivity contribution >= 4 is 58.3 Å². The minimum atomic E-state index is -1.46. The van der Waals surface area contributed by atoms with Crippen molar-refractivity contribution in [1.82, 2.24) is 0 Å². The van der Waals surface area contributed by atoms with Gasteiger partial charge in [-0.3, -0.25) is 0 Å². The van der Waals surface area contributed by atoms with E-state index in [9.17, 15) is 9.59 Å². The van der Waals surface area contributed by atoms with Crippen LogP contribution >= 0.6 is 46.4 Å². The highest BCUT2D eigenvalue weighted by Crippen LogP contribution is 2.41. The number of carboxylic acid groups (broad SMARTS) is 1. The van der Waals surface area contributed by atoms with E-state index in [2.05, 4.69) is 0 Å². The predicted molar refractivity (Wildman–Crippen MR) is 69.4 cm³/mol. The maximum absolute atomic E-state index is 11.7. The lowest BCUT2D eigenvalue weighted by Gasteiger charge is -2.12. The number of halogens is 4. The quantitative estimate of drug-likeness (QED) is 0.512. The smallest absolute Gasteiger partial charge is 0.340 e. The van der Waals surface area contributed by atoms with Gasteiger partial charge in [-0.25, -0.2) is 9.59 Å². The summed E-state index contributed by atoms with van der Waals surface area (Å²) >= 11 is 23.0. The first kappa shape index (κ1) is 15.4. The van der Waals surface area contributed by atoms with Crippen molar-refractivity contribution in [3.05, 3.63) is 31.2 Å². The van der Waals surface area contributed by atoms with Crippen LogP contribution in [0.15, 0.2) is 0 Å². The number of carbonyl (C=O) groups excluding carboxylic acids is 1. The number of aromatic carboxylic acids is 1. The molecular formula is C10H6Cl4O4. The van der Waals surface area contributed by atoms with Gasteiger partial charge < -0.3 is 9.84 Å². The minimum Gasteiger partial charge on any atom is -0.478 e. The van der Waals surface area contributed by atoms with Gasteiger partial charge in [-0.05, 0) is 6.92 Å². The Bertz CT molecular complexity index is 527. The summed E-state index contributed by atoms with van der Waals surface area (Å²) in [5, 5.41) is 7.96. The Hall–Kier alpha value is -0.680. The normalized spacial score (nSPS) is 10.3. The van der Waals surface area contributed by atoms with Crippen LogP contribution in [0.4, 0.5) is 0 Å². The van der Waals surface area contributed by atoms with Gasteiger partial charge in [0.1, 0.15) is 0 Å². The van der Waals surface area contributed by atoms with Crippen LogP contribution in [0.3, 0.4) is 0 Å². The Labute approximate surface area is 122 Å². The molecule has 0 saturated carbocycles. The molecule has 98 valence electrons. The first-order valence-corrected chi connectivity index (χ1v) is 6.10. The Kier molecular flexibility index (Phi) is 5.10. The Morgan fingerprint density at radius 1 is 1.00 bits per heavy atom. The van der Waals surface area contributed by atoms with Gasteiger partial charge in [-0.15, -0.1) is 0 Å². The van der Waals surface area contributed by atoms with E-state index in [-0.39, 0.29) is 26.7 Å². The molecule has 0 spiro atoms. The average Bonchev–Trinajstić information content (AvgIpc) is 2.30. The number of hydrogen-bond acceptors (Lipinski definition) is 3. The molecule has 4 nitrogen and oxygen atoms in total. The molecule has 0 aliphatic carbocycles. The number of benzene rings is 1. The summed E-state index contributed by atoms with van der Waals surface area (Å²) in [6.07, 6.45) is 0. The fourth-order valence-corrected chi connectivity index (χ4v) is 2.24. The molecule has 1 rings (SSSR count). The van der Waals surface area contributed by atoms with Gasteiger partial charge in [0.15, 0.2) is 0 Å². The van der Waals surface area contributed by atoms with Crippen LogP contribution in [0.1, 0.15) is 27.6 Å². The lowest BCUT2D eigenvalue weighted by molar-refractivity contribution is 0.0515. The van der Waals surface area contributed by atoms with Gasteiger partial charge in [0.2, 0.25) is 0 Å². The molecule has 0 saturated heterocycles. The minimum absolute atomic E-state index is 0.0477. The summed E-state index contributed by atoms with van der Waals surface area (Å²) in [5.41, 5.74) is -0.945. The predicted octanol–water partition coefficient (Wildman–Crippen LogP) is 4.18. The van der Waals surface area contributed by atoms with Crippen LogP contribution in [-0.2, 0) is 4.74 Å². The Balaban J connectivity index is 3.67. The van der Waals surface area contributed by atoms with Crippen molar-refractivity contribution in [2.75, 3.05) is 6.61 Å². The number of rotatable bonds is 3. The molecule has 1 aromatic rings. The molecule has 18 heavy (non-hydrogen) atoms. The number of carboxylic acids is 1. The van der Waals surface area contributed by atoms with E-state index in [1.54, 1.807) is 6.92 Å². The van der Waals surface area contributed by atoms with Crippen molar-refractivity contribution in [3.63, 3.8) is 0 Å². The molecule has 0 bridgehead atoms. The number of hydrogen-bond donors (Lipinski definition) is 1. The molecule has 0 radical (unpaired) electrons. The summed E-state index contributed by atoms with van der Waals surface area (Å²) in [7, 11) is 0. The highest BCUT2D eigenvalue weighted by Gasteiger charge is 2.29. The lowest BCUT2D eigenvalue weighted by Crippen LogP contribution is -2.13. The molecule has 0 aromatic heterocycles. The van der Waals surface area contributed by atoms with E-state index in [0.717, 1.165) is 0 Å². The number of carbonyl (C=O) groups is 2. The maximum Gasteiger partial charge on any atom is 0.340 e. The third-order valence-electron chi connectivity index (χ3n) is 1.96. The molecule has 0 atom stereocenters. The van der Waals surface area contributed by atoms with Crippen LogP contribution in [0, 0.1) is 0 Å². The highest BCUT2D eigenvalue weighted by atomic mass is 35.5. The van der Waals surface area contributed by atoms with E-state index in [4.69, 9.17) is 56.2 Å². The number of ether oxygens (including phenoxy) is 1. The van der Waals surface area contributed by atoms with Crippen molar-refractivity contribution in [2.24, 2.45) is 0 Å². The van der Waals surface area contributed by atoms with Crippen LogP contribution in [0.5, 0.6) is 0 Å². The monoisotopic (exact) mass is 330 g/mol. The van der Waals surface area contributed by atoms with Gasteiger partial charge in [0.05, 0.1) is 37.8 Å². The first-order chi connectivity index (χ1) is 8.32. The zero-order valence-electron chi connectivity index (χ0n) is 8.89. The van der Waals surface area contributed by atoms with E-state index in [1.807, 2.05) is 0 Å². The molecule has 0 fully saturated rings. The van der Waals surface area contributed by atoms with E-state index >= 15 is 0 Å². The van der Waals surface area contributed by atoms with Gasteiger partial charge in [-0.1, -0.05) is 46.4 Å². The second-order valence-electron chi connectivity index (χ2n) is 3.03. The Morgan fingerprint density at radius 2 is 1.44 bits per heavy atom. The maximum atomic E-state index is 11.7. The standard InChI is InChI=1S/C10H6Cl4O4/c1-2-18-10(17)4-3(9(15)16)5(11)7(13)8(14)6(4)12/h2H2,1H3,(H,15,16). The molecule has 0 amide bonds. The molecule has 0 aliphatic heterocycles. The van der Waals surface area contributed by atoms with Crippen molar-refractivity contribution in [3.8, 4) is 0 Å². The summed E-state index contributed by atoms with van der Waals surface area (Å²) in [6.45, 7) is 1.61. The van der Waals surface area contributed by atoms with E-state index in [0.29, 0.717) is 0 Å². The second-order valence-corrected chi connectivity index (χ2v) is 4.54. The van der Waals surface area contributed by atoms with Gasteiger partial charge in [-0.2, -0.15) is 0 Å². The largest absolute Gasteiger partial charge is 0.478 e. The van der Waals surface area contributed by atoms with Gasteiger partial charge in [0.25, 0.3) is 0 Å². The zero-order valence-corrected chi connectivity index (χ0v) is 11.9. The van der Waals surface area contributed by atoms with Gasteiger partial charge in [0, 0.05) is 0 Å². The van der Waals surface area contributed by atoms with Crippen molar-refractivity contribution in [1.29, 1.82) is 0 Å². The van der Waals surface area contributed by atoms with Crippen molar-refractivity contribution in [2.45, 2.75) is 6.92 Å². The Morgan fingerprint density at radius 3 is 1.83 bits per heavy atom. The summed E-state index contributed by atoms with van der Waals surface area (Å²) < 4.78 is 4.70. The van der Waals surface area contributed by atoms with Crippen LogP contribution in [0.25, 0.3) is 0 Å². The fourth-order valence-electron chi connectivity index (χ4n) is 1.23. The summed E-state index contributed by atoms with van der Waals surface area (Å²) in [4.78, 5) is 22.8. The molecule has 0 aliphatic rings. The molecule has 8 heteroatoms. The van der Waals surface area contributed by atoms with E-state index < -0.39 is 23.1 Å². The zero-order chi connectivity index (χ0) is 14.0. The molecule has 0 heterocycles. The lowest BCUT2D eigenvalue weighted by atomic mass is 10.1. The topological polar surface area (TPSA) is 63.6 Å². The number of esters is 1. The fraction of sp³-hybridized carbons (Fsp3) is 0.200. The SMILES string of the molecule is CCOC(=O)c1c(Cl)c(Cl)c(Cl)c(Cl)c1C(=O)O. The van der Waals surface area contributed by atoms with Crippen LogP contribution in [0.2, 0.25) is 20.1 Å². The summed E-state index contributed by atoms with van der Waals surface area (Å²) in [5.74, 6) is -2.39. The first-order valence-electron chi connectivity index (χ1n) is 4.59. The average molecular weight is 332 g/mol. The second kappa shape index (κ2) is 5.97. The molecular weight excluding hydrogens is 326 g/mol. The third kappa shape index (κ3) is 2.67. The summed E-state index contributed by atoms with van der Waals surface area (Å²) in [6, 6.07) is 0. The van der Waals surface area contributed by atoms with Crippen molar-refractivity contribution < 1.29 is 19.4 Å². The third-order valence-corrected chi connectivity index (χ3v) is 3.76. The van der Waals surface area contributed by atoms with Crippen LogP contribution in [-0.4, -0.2) is 23.7 Å². The highest BCUT2D eigenvalue weighted by molar-refractivity contribution is 6.54. The van der Waals surface area contributed by atoms with E-state index in [1.165, 1.54) is 0 Å². The van der Waals surface area contributed by atoms with Gasteiger partial charge >= 0.3 is 11.9 Å².